The summed E-state index contributed by atoms with van der Waals surface area (Å²) in [6.45, 7) is 8.04. The number of hydrogen-bond donors (Lipinski definition) is 3. The molecule has 2 amide bonds. The highest BCUT2D eigenvalue weighted by molar-refractivity contribution is 7.89. The molecule has 1 aliphatic carbocycles. The number of benzene rings is 1. The van der Waals surface area contributed by atoms with Crippen molar-refractivity contribution >= 4 is 27.5 Å². The second-order valence-electron chi connectivity index (χ2n) is 7.65. The quantitative estimate of drug-likeness (QED) is 0.497. The molecule has 1 saturated carbocycles. The van der Waals surface area contributed by atoms with Crippen LogP contribution in [-0.4, -0.2) is 63.3 Å². The van der Waals surface area contributed by atoms with Crippen molar-refractivity contribution in [3.8, 4) is 0 Å². The first-order valence-corrected chi connectivity index (χ1v) is 11.6. The van der Waals surface area contributed by atoms with E-state index in [1.807, 2.05) is 0 Å². The number of anilines is 1. The van der Waals surface area contributed by atoms with Crippen LogP contribution < -0.4 is 15.5 Å². The van der Waals surface area contributed by atoms with Crippen molar-refractivity contribution in [2.75, 3.05) is 32.0 Å². The fourth-order valence-electron chi connectivity index (χ4n) is 3.05. The predicted octanol–water partition coefficient (Wildman–Crippen LogP) is 0.146. The number of sulfonamides is 1. The van der Waals surface area contributed by atoms with Crippen molar-refractivity contribution in [1.82, 2.24) is 9.62 Å². The monoisotopic (exact) mass is 425 g/mol. The van der Waals surface area contributed by atoms with E-state index < -0.39 is 16.1 Å². The summed E-state index contributed by atoms with van der Waals surface area (Å²) in [5.41, 5.74) is 1.05. The van der Waals surface area contributed by atoms with E-state index in [-0.39, 0.29) is 29.3 Å². The van der Waals surface area contributed by atoms with Crippen molar-refractivity contribution < 1.29 is 22.9 Å². The van der Waals surface area contributed by atoms with Gasteiger partial charge < -0.3 is 15.5 Å². The van der Waals surface area contributed by atoms with Gasteiger partial charge in [-0.2, -0.15) is 4.31 Å². The first-order chi connectivity index (χ1) is 13.6. The van der Waals surface area contributed by atoms with Crippen LogP contribution in [0.15, 0.2) is 23.1 Å². The van der Waals surface area contributed by atoms with E-state index in [4.69, 9.17) is 0 Å². The Balaban J connectivity index is 2.08. The molecule has 0 saturated heterocycles. The molecule has 8 nitrogen and oxygen atoms in total. The number of quaternary nitrogens is 1. The number of hydrogen-bond acceptors (Lipinski definition) is 4. The fourth-order valence-corrected chi connectivity index (χ4v) is 4.75. The van der Waals surface area contributed by atoms with Gasteiger partial charge in [0.1, 0.15) is 0 Å². The van der Waals surface area contributed by atoms with Gasteiger partial charge in [-0.3, -0.25) is 9.59 Å². The Morgan fingerprint density at radius 1 is 1.24 bits per heavy atom. The number of aryl methyl sites for hydroxylation is 1. The molecule has 0 aromatic heterocycles. The first kappa shape index (κ1) is 23.3. The molecule has 1 aliphatic rings. The fraction of sp³-hybridized carbons (Fsp3) is 0.600. The summed E-state index contributed by atoms with van der Waals surface area (Å²) in [4.78, 5) is 25.6. The molecule has 0 bridgehead atoms. The second-order valence-corrected chi connectivity index (χ2v) is 9.55. The molecule has 9 heteroatoms. The minimum absolute atomic E-state index is 0.0624. The zero-order valence-corrected chi connectivity index (χ0v) is 18.7. The maximum atomic E-state index is 12.9. The lowest BCUT2D eigenvalue weighted by atomic mass is 10.2. The topological polar surface area (TPSA) is 100 Å². The summed E-state index contributed by atoms with van der Waals surface area (Å²) in [6.07, 6.45) is 2.04. The Hall–Kier alpha value is -1.97. The van der Waals surface area contributed by atoms with Crippen molar-refractivity contribution in [2.24, 2.45) is 0 Å². The number of likely N-dealkylation sites (N-methyl/N-ethyl adjacent to an activating group) is 1. The second kappa shape index (κ2) is 9.69. The zero-order chi connectivity index (χ0) is 21.8. The van der Waals surface area contributed by atoms with Crippen LogP contribution in [0.4, 0.5) is 5.69 Å². The van der Waals surface area contributed by atoms with Crippen molar-refractivity contribution in [2.45, 2.75) is 57.5 Å². The maximum absolute atomic E-state index is 12.9. The van der Waals surface area contributed by atoms with Gasteiger partial charge in [0.05, 0.1) is 11.9 Å². The largest absolute Gasteiger partial charge is 0.348 e. The Morgan fingerprint density at radius 3 is 2.41 bits per heavy atom. The summed E-state index contributed by atoms with van der Waals surface area (Å²) in [6, 6.07) is 4.71. The van der Waals surface area contributed by atoms with Gasteiger partial charge in [-0.15, -0.1) is 0 Å². The van der Waals surface area contributed by atoms with Crippen LogP contribution in [0.5, 0.6) is 0 Å². The molecule has 0 spiro atoms. The normalized spacial score (nSPS) is 16.3. The molecule has 3 N–H and O–H groups in total. The first-order valence-electron chi connectivity index (χ1n) is 10.1. The molecule has 1 unspecified atom stereocenters. The molecule has 2 atom stereocenters. The Labute approximate surface area is 173 Å². The number of carbonyl (C=O) groups excluding carboxylic acids is 2. The highest BCUT2D eigenvalue weighted by Gasteiger charge is 2.29. The summed E-state index contributed by atoms with van der Waals surface area (Å²) in [5.74, 6) is -0.329. The van der Waals surface area contributed by atoms with Crippen molar-refractivity contribution in [3.05, 3.63) is 23.8 Å². The van der Waals surface area contributed by atoms with Crippen LogP contribution >= 0.6 is 0 Å². The minimum Gasteiger partial charge on any atom is -0.348 e. The smallest absolute Gasteiger partial charge is 0.282 e. The molecular formula is C20H33N4O4S+. The van der Waals surface area contributed by atoms with Crippen LogP contribution in [0.2, 0.25) is 0 Å². The van der Waals surface area contributed by atoms with E-state index in [9.17, 15) is 18.0 Å². The summed E-state index contributed by atoms with van der Waals surface area (Å²) < 4.78 is 27.1. The van der Waals surface area contributed by atoms with Crippen LogP contribution in [0.1, 0.15) is 39.2 Å². The van der Waals surface area contributed by atoms with Gasteiger partial charge in [0.2, 0.25) is 10.0 Å². The Morgan fingerprint density at radius 2 is 1.86 bits per heavy atom. The van der Waals surface area contributed by atoms with Gasteiger partial charge in [0, 0.05) is 24.8 Å². The molecule has 1 aromatic carbocycles. The van der Waals surface area contributed by atoms with E-state index >= 15 is 0 Å². The number of carbonyl (C=O) groups is 2. The lowest BCUT2D eigenvalue weighted by Crippen LogP contribution is -3.15. The number of amides is 2. The third-order valence-corrected chi connectivity index (χ3v) is 7.49. The molecule has 0 aliphatic heterocycles. The molecule has 29 heavy (non-hydrogen) atoms. The van der Waals surface area contributed by atoms with Gasteiger partial charge in [-0.25, -0.2) is 8.42 Å². The molecule has 1 aromatic rings. The molecule has 2 rings (SSSR count). The van der Waals surface area contributed by atoms with Crippen LogP contribution in [-0.2, 0) is 19.6 Å². The van der Waals surface area contributed by atoms with E-state index in [1.165, 1.54) is 10.4 Å². The van der Waals surface area contributed by atoms with E-state index in [0.717, 1.165) is 17.7 Å². The standard InChI is InChI=1S/C20H32N4O4S/c1-6-24(7-2)29(27,28)18-12-17(9-8-14(18)3)22-20(26)15(4)23(5)13-19(25)21-16-10-11-16/h8-9,12,15-16H,6-7,10-11,13H2,1-5H3,(H,21,25)(H,22,26)/p+1/t15-/m0/s1. The van der Waals surface area contributed by atoms with Crippen LogP contribution in [0.25, 0.3) is 0 Å². The Bertz CT molecular complexity index is 848. The maximum Gasteiger partial charge on any atom is 0.282 e. The molecular weight excluding hydrogens is 392 g/mol. The highest BCUT2D eigenvalue weighted by atomic mass is 32.2. The number of rotatable bonds is 10. The van der Waals surface area contributed by atoms with Crippen molar-refractivity contribution in [3.63, 3.8) is 0 Å². The summed E-state index contributed by atoms with van der Waals surface area (Å²) in [5, 5.41) is 5.71. The summed E-state index contributed by atoms with van der Waals surface area (Å²) >= 11 is 0. The summed E-state index contributed by atoms with van der Waals surface area (Å²) in [7, 11) is -1.83. The highest BCUT2D eigenvalue weighted by Crippen LogP contribution is 2.23. The van der Waals surface area contributed by atoms with Gasteiger partial charge in [0.25, 0.3) is 11.8 Å². The predicted molar refractivity (Wildman–Crippen MR) is 112 cm³/mol. The third kappa shape index (κ3) is 6.01. The third-order valence-electron chi connectivity index (χ3n) is 5.29. The van der Waals surface area contributed by atoms with E-state index in [2.05, 4.69) is 10.6 Å². The van der Waals surface area contributed by atoms with Gasteiger partial charge in [-0.05, 0) is 44.4 Å². The average molecular weight is 426 g/mol. The SMILES string of the molecule is CCN(CC)S(=O)(=O)c1cc(NC(=O)[C@H](C)[NH+](C)CC(=O)NC2CC2)ccc1C. The van der Waals surface area contributed by atoms with Crippen LogP contribution in [0.3, 0.4) is 0 Å². The van der Waals surface area contributed by atoms with Gasteiger partial charge >= 0.3 is 0 Å². The van der Waals surface area contributed by atoms with E-state index in [0.29, 0.717) is 24.3 Å². The lowest BCUT2D eigenvalue weighted by molar-refractivity contribution is -0.885. The number of nitrogens with one attached hydrogen (secondary N) is 3. The lowest BCUT2D eigenvalue weighted by Gasteiger charge is -2.22. The van der Waals surface area contributed by atoms with Gasteiger partial charge in [0.15, 0.2) is 12.6 Å². The zero-order valence-electron chi connectivity index (χ0n) is 17.9. The molecule has 0 heterocycles. The van der Waals surface area contributed by atoms with Crippen molar-refractivity contribution in [1.29, 1.82) is 0 Å². The Kier molecular flexibility index (Phi) is 7.79. The van der Waals surface area contributed by atoms with Crippen LogP contribution in [0, 0.1) is 6.92 Å². The average Bonchev–Trinajstić information content (AvgIpc) is 3.46. The minimum atomic E-state index is -3.62. The molecule has 0 radical (unpaired) electrons. The molecule has 1 fully saturated rings. The van der Waals surface area contributed by atoms with Gasteiger partial charge in [-0.1, -0.05) is 19.9 Å². The van der Waals surface area contributed by atoms with E-state index in [1.54, 1.807) is 46.9 Å². The molecule has 162 valence electrons. The number of nitrogens with zero attached hydrogens (tertiary/aromatic N) is 1.